The summed E-state index contributed by atoms with van der Waals surface area (Å²) in [5, 5.41) is 53.6. The van der Waals surface area contributed by atoms with Crippen molar-refractivity contribution in [2.75, 3.05) is 13.2 Å². The molecule has 1 amide bonds. The lowest BCUT2D eigenvalue weighted by Crippen LogP contribution is -2.60. The highest BCUT2D eigenvalue weighted by Gasteiger charge is 2.44. The molecule has 9 heteroatoms. The minimum Gasteiger partial charge on any atom is -0.394 e. The number of unbranched alkanes of at least 4 members (excludes halogenated alkanes) is 12. The molecule has 0 aromatic rings. The number of rotatable bonds is 28. The number of carbonyl (C=O) groups excluding carboxylic acids is 1. The monoisotopic (exact) mass is 665 g/mol. The molecule has 0 spiro atoms. The molecule has 1 saturated heterocycles. The van der Waals surface area contributed by atoms with Crippen LogP contribution in [0, 0.1) is 0 Å². The zero-order chi connectivity index (χ0) is 34.5. The van der Waals surface area contributed by atoms with Crippen molar-refractivity contribution in [2.45, 2.75) is 172 Å². The molecule has 0 radical (unpaired) electrons. The third kappa shape index (κ3) is 21.0. The molecule has 1 rings (SSSR count). The van der Waals surface area contributed by atoms with Crippen LogP contribution in [0.25, 0.3) is 0 Å². The summed E-state index contributed by atoms with van der Waals surface area (Å²) in [6.07, 6.45) is 27.5. The van der Waals surface area contributed by atoms with Crippen molar-refractivity contribution in [1.82, 2.24) is 5.32 Å². The first-order chi connectivity index (χ1) is 22.8. The van der Waals surface area contributed by atoms with Crippen molar-refractivity contribution < 1.29 is 39.8 Å². The number of hydrogen-bond donors (Lipinski definition) is 6. The van der Waals surface area contributed by atoms with Crippen LogP contribution in [0.3, 0.4) is 0 Å². The highest BCUT2D eigenvalue weighted by Crippen LogP contribution is 2.22. The number of aliphatic hydroxyl groups excluding tert-OH is 5. The fourth-order valence-electron chi connectivity index (χ4n) is 5.32. The summed E-state index contributed by atoms with van der Waals surface area (Å²) < 4.78 is 11.1. The Hall–Kier alpha value is -1.85. The summed E-state index contributed by atoms with van der Waals surface area (Å²) in [6.45, 7) is 3.57. The molecule has 0 saturated carbocycles. The molecule has 1 fully saturated rings. The SMILES string of the molecule is CCC/C=C/CC/C=C/C(O)C(COC1OC(CO)C(O)C(O)C1O)NC(=O)CCCCCCCCC/C=C\C/C=C\CCCCC. The molecule has 272 valence electrons. The van der Waals surface area contributed by atoms with Gasteiger partial charge in [0.2, 0.25) is 5.91 Å². The lowest BCUT2D eigenvalue weighted by atomic mass is 9.99. The molecule has 0 bridgehead atoms. The van der Waals surface area contributed by atoms with Crippen molar-refractivity contribution in [1.29, 1.82) is 0 Å². The lowest BCUT2D eigenvalue weighted by molar-refractivity contribution is -0.302. The van der Waals surface area contributed by atoms with Gasteiger partial charge in [0.25, 0.3) is 0 Å². The van der Waals surface area contributed by atoms with Crippen molar-refractivity contribution in [3.8, 4) is 0 Å². The van der Waals surface area contributed by atoms with Crippen LogP contribution in [0.5, 0.6) is 0 Å². The zero-order valence-electron chi connectivity index (χ0n) is 29.3. The quantitative estimate of drug-likeness (QED) is 0.0445. The van der Waals surface area contributed by atoms with Gasteiger partial charge < -0.3 is 40.3 Å². The largest absolute Gasteiger partial charge is 0.394 e. The van der Waals surface area contributed by atoms with Gasteiger partial charge in [0, 0.05) is 6.42 Å². The summed E-state index contributed by atoms with van der Waals surface area (Å²) in [4.78, 5) is 12.8. The number of allylic oxidation sites excluding steroid dienone is 7. The van der Waals surface area contributed by atoms with E-state index in [9.17, 15) is 30.3 Å². The van der Waals surface area contributed by atoms with Crippen molar-refractivity contribution >= 4 is 5.91 Å². The normalized spacial score (nSPS) is 23.4. The molecule has 7 unspecified atom stereocenters. The van der Waals surface area contributed by atoms with Gasteiger partial charge in [0.15, 0.2) is 6.29 Å². The van der Waals surface area contributed by atoms with E-state index in [0.29, 0.717) is 6.42 Å². The van der Waals surface area contributed by atoms with Crippen molar-refractivity contribution in [2.24, 2.45) is 0 Å². The maximum absolute atomic E-state index is 12.8. The van der Waals surface area contributed by atoms with Crippen LogP contribution in [-0.2, 0) is 14.3 Å². The topological polar surface area (TPSA) is 149 Å². The standard InChI is InChI=1S/C38H67NO8/c1-3-5-7-9-11-12-13-14-15-16-17-18-19-20-22-24-26-28-34(42)39-31(32(41)27-25-23-21-10-8-6-4-2)30-46-38-37(45)36(44)35(43)33(29-40)47-38/h8,10-12,14-15,25,27,31-33,35-38,40-41,43-45H,3-7,9,13,16-24,26,28-30H2,1-2H3,(H,39,42)/b10-8+,12-11-,15-14-,27-25+. The summed E-state index contributed by atoms with van der Waals surface area (Å²) >= 11 is 0. The van der Waals surface area contributed by atoms with E-state index in [2.05, 4.69) is 55.6 Å². The predicted molar refractivity (Wildman–Crippen MR) is 189 cm³/mol. The first-order valence-corrected chi connectivity index (χ1v) is 18.4. The van der Waals surface area contributed by atoms with Gasteiger partial charge in [-0.25, -0.2) is 0 Å². The third-order valence-electron chi connectivity index (χ3n) is 8.36. The maximum Gasteiger partial charge on any atom is 0.220 e. The molecule has 0 aromatic carbocycles. The Morgan fingerprint density at radius 3 is 1.98 bits per heavy atom. The molecule has 47 heavy (non-hydrogen) atoms. The number of amides is 1. The summed E-state index contributed by atoms with van der Waals surface area (Å²) in [5.74, 6) is -0.204. The van der Waals surface area contributed by atoms with Crippen LogP contribution in [-0.4, -0.2) is 87.5 Å². The van der Waals surface area contributed by atoms with Gasteiger partial charge in [-0.3, -0.25) is 4.79 Å². The Morgan fingerprint density at radius 1 is 0.723 bits per heavy atom. The van der Waals surface area contributed by atoms with E-state index in [1.165, 1.54) is 44.9 Å². The Bertz CT molecular complexity index is 874. The van der Waals surface area contributed by atoms with E-state index >= 15 is 0 Å². The van der Waals surface area contributed by atoms with Gasteiger partial charge in [-0.05, 0) is 57.8 Å². The first kappa shape index (κ1) is 43.2. The Kier molecular flexibility index (Phi) is 26.7. The molecule has 1 heterocycles. The first-order valence-electron chi connectivity index (χ1n) is 18.4. The van der Waals surface area contributed by atoms with Crippen LogP contribution < -0.4 is 5.32 Å². The molecule has 9 nitrogen and oxygen atoms in total. The second-order valence-corrected chi connectivity index (χ2v) is 12.6. The smallest absolute Gasteiger partial charge is 0.220 e. The van der Waals surface area contributed by atoms with E-state index < -0.39 is 49.5 Å². The number of hydrogen-bond acceptors (Lipinski definition) is 8. The second-order valence-electron chi connectivity index (χ2n) is 12.6. The minimum absolute atomic E-state index is 0.204. The minimum atomic E-state index is -1.57. The van der Waals surface area contributed by atoms with Gasteiger partial charge in [0.05, 0.1) is 25.4 Å². The van der Waals surface area contributed by atoms with Crippen LogP contribution in [0.15, 0.2) is 48.6 Å². The Labute approximate surface area is 284 Å². The number of nitrogens with one attached hydrogen (secondary N) is 1. The van der Waals surface area contributed by atoms with E-state index in [-0.39, 0.29) is 12.5 Å². The van der Waals surface area contributed by atoms with Gasteiger partial charge in [0.1, 0.15) is 24.4 Å². The van der Waals surface area contributed by atoms with E-state index in [0.717, 1.165) is 64.2 Å². The number of ether oxygens (including phenoxy) is 2. The van der Waals surface area contributed by atoms with Gasteiger partial charge >= 0.3 is 0 Å². The summed E-state index contributed by atoms with van der Waals surface area (Å²) in [7, 11) is 0. The molecule has 1 aliphatic rings. The van der Waals surface area contributed by atoms with Crippen molar-refractivity contribution in [3.63, 3.8) is 0 Å². The van der Waals surface area contributed by atoms with Crippen LogP contribution in [0.1, 0.15) is 129 Å². The molecular weight excluding hydrogens is 598 g/mol. The Morgan fingerprint density at radius 2 is 1.32 bits per heavy atom. The van der Waals surface area contributed by atoms with Crippen LogP contribution in [0.2, 0.25) is 0 Å². The molecule has 0 aromatic heterocycles. The summed E-state index contributed by atoms with van der Waals surface area (Å²) in [5.41, 5.74) is 0. The average Bonchev–Trinajstić information content (AvgIpc) is 3.07. The van der Waals surface area contributed by atoms with Gasteiger partial charge in [-0.1, -0.05) is 114 Å². The predicted octanol–water partition coefficient (Wildman–Crippen LogP) is 5.94. The van der Waals surface area contributed by atoms with Crippen LogP contribution in [0.4, 0.5) is 0 Å². The highest BCUT2D eigenvalue weighted by atomic mass is 16.7. The van der Waals surface area contributed by atoms with Gasteiger partial charge in [-0.15, -0.1) is 0 Å². The maximum atomic E-state index is 12.8. The van der Waals surface area contributed by atoms with Crippen molar-refractivity contribution in [3.05, 3.63) is 48.6 Å². The molecule has 0 aliphatic carbocycles. The number of carbonyl (C=O) groups is 1. The van der Waals surface area contributed by atoms with E-state index in [1.807, 2.05) is 6.08 Å². The molecule has 1 aliphatic heterocycles. The summed E-state index contributed by atoms with van der Waals surface area (Å²) in [6, 6.07) is -0.822. The molecular formula is C38H67NO8. The fourth-order valence-corrected chi connectivity index (χ4v) is 5.32. The highest BCUT2D eigenvalue weighted by molar-refractivity contribution is 5.76. The Balaban J connectivity index is 2.40. The average molecular weight is 666 g/mol. The molecule has 6 N–H and O–H groups in total. The third-order valence-corrected chi connectivity index (χ3v) is 8.36. The van der Waals surface area contributed by atoms with E-state index in [1.54, 1.807) is 6.08 Å². The molecule has 7 atom stereocenters. The lowest BCUT2D eigenvalue weighted by Gasteiger charge is -2.40. The zero-order valence-corrected chi connectivity index (χ0v) is 29.3. The van der Waals surface area contributed by atoms with Gasteiger partial charge in [-0.2, -0.15) is 0 Å². The second kappa shape index (κ2) is 29.1. The fraction of sp³-hybridized carbons (Fsp3) is 0.763. The van der Waals surface area contributed by atoms with Crippen LogP contribution >= 0.6 is 0 Å². The number of aliphatic hydroxyl groups is 5. The van der Waals surface area contributed by atoms with E-state index in [4.69, 9.17) is 9.47 Å².